The van der Waals surface area contributed by atoms with Gasteiger partial charge in [0.05, 0.1) is 16.5 Å². The summed E-state index contributed by atoms with van der Waals surface area (Å²) in [5, 5.41) is 5.26. The molecule has 0 unspecified atom stereocenters. The van der Waals surface area contributed by atoms with Crippen molar-refractivity contribution in [2.75, 3.05) is 44.2 Å². The minimum Gasteiger partial charge on any atom is -0.354 e. The van der Waals surface area contributed by atoms with Crippen LogP contribution in [0.15, 0.2) is 53.1 Å². The molecule has 0 spiro atoms. The number of anilines is 1. The number of amides is 2. The second-order valence-electron chi connectivity index (χ2n) is 7.14. The summed E-state index contributed by atoms with van der Waals surface area (Å²) in [4.78, 5) is 30.8. The van der Waals surface area contributed by atoms with Crippen LogP contribution >= 0.6 is 0 Å². The summed E-state index contributed by atoms with van der Waals surface area (Å²) in [5.74, 6) is 0.511. The van der Waals surface area contributed by atoms with Gasteiger partial charge in [0.2, 0.25) is 0 Å². The SMILES string of the molecule is O=C1c2ccccc2C(=O)N1CCN1CCN(c2noc3ccccc23)CC1. The van der Waals surface area contributed by atoms with Crippen molar-refractivity contribution in [2.24, 2.45) is 0 Å². The molecule has 7 nitrogen and oxygen atoms in total. The predicted octanol–water partition coefficient (Wildman–Crippen LogP) is 2.25. The lowest BCUT2D eigenvalue weighted by Crippen LogP contribution is -2.49. The molecule has 0 N–H and O–H groups in total. The molecule has 0 saturated carbocycles. The average molecular weight is 376 g/mol. The van der Waals surface area contributed by atoms with Gasteiger partial charge in [-0.15, -0.1) is 0 Å². The highest BCUT2D eigenvalue weighted by molar-refractivity contribution is 6.21. The third kappa shape index (κ3) is 2.75. The van der Waals surface area contributed by atoms with Gasteiger partial charge in [-0.1, -0.05) is 29.4 Å². The van der Waals surface area contributed by atoms with Gasteiger partial charge in [-0.3, -0.25) is 19.4 Å². The van der Waals surface area contributed by atoms with E-state index in [9.17, 15) is 9.59 Å². The maximum Gasteiger partial charge on any atom is 0.261 e. The van der Waals surface area contributed by atoms with E-state index in [0.717, 1.165) is 43.0 Å². The van der Waals surface area contributed by atoms with E-state index in [1.165, 1.54) is 4.90 Å². The van der Waals surface area contributed by atoms with E-state index in [0.29, 0.717) is 24.2 Å². The number of hydrogen-bond acceptors (Lipinski definition) is 6. The molecule has 2 aromatic carbocycles. The van der Waals surface area contributed by atoms with Crippen molar-refractivity contribution in [2.45, 2.75) is 0 Å². The Kier molecular flexibility index (Phi) is 4.09. The van der Waals surface area contributed by atoms with Gasteiger partial charge in [-0.2, -0.15) is 0 Å². The third-order valence-corrected chi connectivity index (χ3v) is 5.55. The van der Waals surface area contributed by atoms with Crippen LogP contribution in [0, 0.1) is 0 Å². The second kappa shape index (κ2) is 6.76. The van der Waals surface area contributed by atoms with Crippen LogP contribution in [0.25, 0.3) is 11.0 Å². The van der Waals surface area contributed by atoms with Crippen LogP contribution in [0.4, 0.5) is 5.82 Å². The van der Waals surface area contributed by atoms with E-state index in [-0.39, 0.29) is 11.8 Å². The topological polar surface area (TPSA) is 69.9 Å². The fourth-order valence-electron chi connectivity index (χ4n) is 3.97. The zero-order valence-electron chi connectivity index (χ0n) is 15.4. The monoisotopic (exact) mass is 376 g/mol. The minimum atomic E-state index is -0.187. The van der Waals surface area contributed by atoms with Crippen LogP contribution in [0.1, 0.15) is 20.7 Å². The van der Waals surface area contributed by atoms with E-state index >= 15 is 0 Å². The Morgan fingerprint density at radius 2 is 1.46 bits per heavy atom. The largest absolute Gasteiger partial charge is 0.354 e. The van der Waals surface area contributed by atoms with Crippen molar-refractivity contribution in [1.82, 2.24) is 15.0 Å². The van der Waals surface area contributed by atoms with Crippen LogP contribution < -0.4 is 4.90 Å². The van der Waals surface area contributed by atoms with Gasteiger partial charge in [-0.25, -0.2) is 0 Å². The Morgan fingerprint density at radius 3 is 2.18 bits per heavy atom. The zero-order chi connectivity index (χ0) is 19.1. The first kappa shape index (κ1) is 16.9. The van der Waals surface area contributed by atoms with Crippen LogP contribution in [0.2, 0.25) is 0 Å². The highest BCUT2D eigenvalue weighted by atomic mass is 16.5. The molecule has 0 aliphatic carbocycles. The summed E-state index contributed by atoms with van der Waals surface area (Å²) in [5.41, 5.74) is 1.82. The smallest absolute Gasteiger partial charge is 0.261 e. The van der Waals surface area contributed by atoms with Crippen LogP contribution in [0.3, 0.4) is 0 Å². The quantitative estimate of drug-likeness (QED) is 0.651. The van der Waals surface area contributed by atoms with Crippen molar-refractivity contribution in [3.8, 4) is 0 Å². The lowest BCUT2D eigenvalue weighted by atomic mass is 10.1. The van der Waals surface area contributed by atoms with Gasteiger partial charge in [0.1, 0.15) is 0 Å². The number of carbonyl (C=O) groups is 2. The Labute approximate surface area is 162 Å². The van der Waals surface area contributed by atoms with Gasteiger partial charge >= 0.3 is 0 Å². The number of nitrogens with zero attached hydrogens (tertiary/aromatic N) is 4. The van der Waals surface area contributed by atoms with Gasteiger partial charge in [-0.05, 0) is 24.3 Å². The molecule has 3 aromatic rings. The summed E-state index contributed by atoms with van der Waals surface area (Å²) in [6.07, 6.45) is 0. The van der Waals surface area contributed by atoms with Crippen molar-refractivity contribution in [1.29, 1.82) is 0 Å². The first-order chi connectivity index (χ1) is 13.7. The molecule has 7 heteroatoms. The molecule has 2 aliphatic rings. The van der Waals surface area contributed by atoms with Gasteiger partial charge < -0.3 is 9.42 Å². The lowest BCUT2D eigenvalue weighted by Gasteiger charge is -2.35. The molecule has 3 heterocycles. The zero-order valence-corrected chi connectivity index (χ0v) is 15.4. The first-order valence-electron chi connectivity index (χ1n) is 9.49. The number of rotatable bonds is 4. The third-order valence-electron chi connectivity index (χ3n) is 5.55. The molecule has 0 radical (unpaired) electrons. The number of carbonyl (C=O) groups excluding carboxylic acids is 2. The first-order valence-corrected chi connectivity index (χ1v) is 9.49. The van der Waals surface area contributed by atoms with Gasteiger partial charge in [0, 0.05) is 39.3 Å². The number of aromatic nitrogens is 1. The summed E-state index contributed by atoms with van der Waals surface area (Å²) < 4.78 is 5.41. The molecule has 0 atom stereocenters. The molecule has 1 saturated heterocycles. The highest BCUT2D eigenvalue weighted by Gasteiger charge is 2.35. The van der Waals surface area contributed by atoms with Crippen molar-refractivity contribution < 1.29 is 14.1 Å². The van der Waals surface area contributed by atoms with E-state index in [4.69, 9.17) is 4.52 Å². The Hall–Kier alpha value is -3.19. The number of benzene rings is 2. The molecule has 2 amide bonds. The highest BCUT2D eigenvalue weighted by Crippen LogP contribution is 2.27. The molecule has 142 valence electrons. The number of fused-ring (bicyclic) bond motifs is 2. The summed E-state index contributed by atoms with van der Waals surface area (Å²) in [6, 6.07) is 14.9. The van der Waals surface area contributed by atoms with E-state index in [1.54, 1.807) is 24.3 Å². The van der Waals surface area contributed by atoms with E-state index in [1.807, 2.05) is 24.3 Å². The van der Waals surface area contributed by atoms with Crippen molar-refractivity contribution >= 4 is 28.6 Å². The number of para-hydroxylation sites is 1. The second-order valence-corrected chi connectivity index (χ2v) is 7.14. The van der Waals surface area contributed by atoms with E-state index in [2.05, 4.69) is 15.0 Å². The predicted molar refractivity (Wildman–Crippen MR) is 104 cm³/mol. The maximum absolute atomic E-state index is 12.5. The van der Waals surface area contributed by atoms with Crippen molar-refractivity contribution in [3.05, 3.63) is 59.7 Å². The number of hydrogen-bond donors (Lipinski definition) is 0. The van der Waals surface area contributed by atoms with Crippen molar-refractivity contribution in [3.63, 3.8) is 0 Å². The summed E-state index contributed by atoms with van der Waals surface area (Å²) in [6.45, 7) is 4.46. The molecular formula is C21H20N4O3. The van der Waals surface area contributed by atoms with Crippen LogP contribution in [-0.2, 0) is 0 Å². The molecular weight excluding hydrogens is 356 g/mol. The maximum atomic E-state index is 12.5. The Bertz CT molecular complexity index is 1020. The molecule has 0 bridgehead atoms. The molecule has 28 heavy (non-hydrogen) atoms. The molecule has 5 rings (SSSR count). The molecule has 2 aliphatic heterocycles. The van der Waals surface area contributed by atoms with Gasteiger partial charge in [0.25, 0.3) is 11.8 Å². The Balaban J connectivity index is 1.20. The van der Waals surface area contributed by atoms with E-state index < -0.39 is 0 Å². The molecule has 1 fully saturated rings. The summed E-state index contributed by atoms with van der Waals surface area (Å²) in [7, 11) is 0. The fourth-order valence-corrected chi connectivity index (χ4v) is 3.97. The number of piperazine rings is 1. The number of imide groups is 1. The summed E-state index contributed by atoms with van der Waals surface area (Å²) >= 11 is 0. The lowest BCUT2D eigenvalue weighted by molar-refractivity contribution is 0.0635. The van der Waals surface area contributed by atoms with Gasteiger partial charge in [0.15, 0.2) is 11.4 Å². The fraction of sp³-hybridized carbons (Fsp3) is 0.286. The normalized spacial score (nSPS) is 17.6. The van der Waals surface area contributed by atoms with Crippen LogP contribution in [0.5, 0.6) is 0 Å². The molecule has 1 aromatic heterocycles. The standard InChI is InChI=1S/C21H20N4O3/c26-20-15-5-1-2-6-16(15)21(27)25(20)14-11-23-9-12-24(13-10-23)19-17-7-3-4-8-18(17)28-22-19/h1-8H,9-14H2. The average Bonchev–Trinajstić information content (AvgIpc) is 3.27. The van der Waals surface area contributed by atoms with Crippen LogP contribution in [-0.4, -0.2) is 66.0 Å². The Morgan fingerprint density at radius 1 is 0.821 bits per heavy atom. The minimum absolute atomic E-state index is 0.187.